The zero-order valence-electron chi connectivity index (χ0n) is 12.1. The van der Waals surface area contributed by atoms with Crippen LogP contribution in [0.3, 0.4) is 0 Å². The fourth-order valence-corrected chi connectivity index (χ4v) is 1.76. The molecular formula is C13H20N2O5. The Hall–Kier alpha value is -2.02. The molecule has 20 heavy (non-hydrogen) atoms. The van der Waals surface area contributed by atoms with Crippen molar-refractivity contribution in [2.24, 2.45) is 0 Å². The molecule has 2 amide bonds. The molecule has 7 nitrogen and oxygen atoms in total. The number of rotatable bonds is 6. The van der Waals surface area contributed by atoms with E-state index in [1.165, 1.54) is 6.07 Å². The van der Waals surface area contributed by atoms with Gasteiger partial charge >= 0.3 is 12.0 Å². The van der Waals surface area contributed by atoms with E-state index in [2.05, 4.69) is 10.6 Å². The van der Waals surface area contributed by atoms with Gasteiger partial charge < -0.3 is 24.9 Å². The topological polar surface area (TPSA) is 101 Å². The zero-order valence-corrected chi connectivity index (χ0v) is 12.1. The van der Waals surface area contributed by atoms with Gasteiger partial charge in [0.25, 0.3) is 0 Å². The van der Waals surface area contributed by atoms with E-state index in [4.69, 9.17) is 14.3 Å². The number of aryl methyl sites for hydroxylation is 1. The molecule has 1 aromatic rings. The van der Waals surface area contributed by atoms with Crippen LogP contribution in [0.4, 0.5) is 4.79 Å². The van der Waals surface area contributed by atoms with Crippen molar-refractivity contribution in [3.8, 4) is 0 Å². The van der Waals surface area contributed by atoms with Crippen LogP contribution in [0.1, 0.15) is 35.7 Å². The van der Waals surface area contributed by atoms with E-state index in [1.54, 1.807) is 14.0 Å². The first-order chi connectivity index (χ1) is 9.25. The van der Waals surface area contributed by atoms with Crippen molar-refractivity contribution in [1.82, 2.24) is 10.6 Å². The second-order valence-corrected chi connectivity index (χ2v) is 5.11. The van der Waals surface area contributed by atoms with E-state index in [0.29, 0.717) is 18.1 Å². The number of methoxy groups -OCH3 is 1. The van der Waals surface area contributed by atoms with E-state index in [-0.39, 0.29) is 18.1 Å². The third-order valence-electron chi connectivity index (χ3n) is 2.58. The molecule has 0 bridgehead atoms. The molecule has 3 N–H and O–H groups in total. The third kappa shape index (κ3) is 4.58. The maximum atomic E-state index is 11.7. The first-order valence-electron chi connectivity index (χ1n) is 6.13. The minimum Gasteiger partial charge on any atom is -0.478 e. The molecule has 0 aromatic carbocycles. The molecule has 1 rings (SSSR count). The normalized spacial score (nSPS) is 11.2. The number of aromatic carboxylic acids is 1. The van der Waals surface area contributed by atoms with Gasteiger partial charge in [-0.2, -0.15) is 0 Å². The maximum absolute atomic E-state index is 11.7. The fraction of sp³-hybridized carbons (Fsp3) is 0.538. The summed E-state index contributed by atoms with van der Waals surface area (Å²) in [4.78, 5) is 22.6. The summed E-state index contributed by atoms with van der Waals surface area (Å²) < 4.78 is 10.2. The Kier molecular flexibility index (Phi) is 5.15. The number of carboxylic acids is 1. The number of ether oxygens (including phenoxy) is 1. The van der Waals surface area contributed by atoms with E-state index >= 15 is 0 Å². The van der Waals surface area contributed by atoms with Crippen molar-refractivity contribution in [3.05, 3.63) is 23.2 Å². The van der Waals surface area contributed by atoms with Gasteiger partial charge in [0.1, 0.15) is 17.1 Å². The molecule has 0 radical (unpaired) electrons. The van der Waals surface area contributed by atoms with Crippen molar-refractivity contribution in [1.29, 1.82) is 0 Å². The Morgan fingerprint density at radius 2 is 2.10 bits per heavy atom. The van der Waals surface area contributed by atoms with Crippen molar-refractivity contribution in [2.75, 3.05) is 13.7 Å². The van der Waals surface area contributed by atoms with Crippen LogP contribution >= 0.6 is 0 Å². The summed E-state index contributed by atoms with van der Waals surface area (Å²) in [5.74, 6) is -0.350. The van der Waals surface area contributed by atoms with E-state index in [9.17, 15) is 9.59 Å². The number of nitrogens with one attached hydrogen (secondary N) is 2. The molecule has 1 heterocycles. The molecule has 0 aliphatic rings. The monoisotopic (exact) mass is 284 g/mol. The van der Waals surface area contributed by atoms with Gasteiger partial charge in [0.15, 0.2) is 0 Å². The number of amides is 2. The highest BCUT2D eigenvalue weighted by atomic mass is 16.5. The molecule has 1 aromatic heterocycles. The minimum absolute atomic E-state index is 0.0990. The number of carboxylic acid groups (broad SMARTS) is 1. The lowest BCUT2D eigenvalue weighted by molar-refractivity contribution is 0.0695. The van der Waals surface area contributed by atoms with Gasteiger partial charge in [-0.25, -0.2) is 9.59 Å². The van der Waals surface area contributed by atoms with E-state index in [0.717, 1.165) is 0 Å². The SMILES string of the molecule is COCC(C)(C)NC(=O)NCc1cc(C(=O)O)c(C)o1. The molecule has 0 saturated heterocycles. The largest absolute Gasteiger partial charge is 0.478 e. The predicted octanol–water partition coefficient (Wildman–Crippen LogP) is 1.51. The van der Waals surface area contributed by atoms with Crippen LogP contribution in [0.25, 0.3) is 0 Å². The summed E-state index contributed by atoms with van der Waals surface area (Å²) in [5, 5.41) is 14.2. The van der Waals surface area contributed by atoms with E-state index < -0.39 is 11.5 Å². The second kappa shape index (κ2) is 6.42. The molecule has 0 spiro atoms. The number of furan rings is 1. The van der Waals surface area contributed by atoms with Crippen LogP contribution in [-0.2, 0) is 11.3 Å². The summed E-state index contributed by atoms with van der Waals surface area (Å²) in [6.45, 7) is 5.71. The summed E-state index contributed by atoms with van der Waals surface area (Å²) in [6.07, 6.45) is 0. The Bertz CT molecular complexity index is 493. The van der Waals surface area contributed by atoms with E-state index in [1.807, 2.05) is 13.8 Å². The van der Waals surface area contributed by atoms with Crippen molar-refractivity contribution < 1.29 is 23.8 Å². The van der Waals surface area contributed by atoms with Crippen LogP contribution < -0.4 is 10.6 Å². The highest BCUT2D eigenvalue weighted by molar-refractivity contribution is 5.88. The number of carbonyl (C=O) groups is 2. The Morgan fingerprint density at radius 3 is 2.60 bits per heavy atom. The first kappa shape index (κ1) is 16.0. The standard InChI is InChI=1S/C13H20N2O5/c1-8-10(11(16)17)5-9(20-8)6-14-12(18)15-13(2,3)7-19-4/h5H,6-7H2,1-4H3,(H,16,17)(H2,14,15,18). The van der Waals surface area contributed by atoms with Gasteiger partial charge in [-0.1, -0.05) is 0 Å². The molecule has 0 aliphatic carbocycles. The Labute approximate surface area is 117 Å². The van der Waals surface area contributed by atoms with Gasteiger partial charge in [-0.15, -0.1) is 0 Å². The van der Waals surface area contributed by atoms with Gasteiger partial charge in [0.2, 0.25) is 0 Å². The van der Waals surface area contributed by atoms with Crippen LogP contribution in [0.15, 0.2) is 10.5 Å². The molecule has 7 heteroatoms. The fourth-order valence-electron chi connectivity index (χ4n) is 1.76. The lowest BCUT2D eigenvalue weighted by Crippen LogP contribution is -2.50. The van der Waals surface area contributed by atoms with Gasteiger partial charge in [0.05, 0.1) is 18.7 Å². The predicted molar refractivity (Wildman–Crippen MR) is 71.7 cm³/mol. The highest BCUT2D eigenvalue weighted by Crippen LogP contribution is 2.14. The molecule has 0 aliphatic heterocycles. The molecule has 112 valence electrons. The van der Waals surface area contributed by atoms with Crippen LogP contribution in [0.5, 0.6) is 0 Å². The van der Waals surface area contributed by atoms with Crippen molar-refractivity contribution in [3.63, 3.8) is 0 Å². The quantitative estimate of drug-likeness (QED) is 0.735. The van der Waals surface area contributed by atoms with Crippen molar-refractivity contribution >= 4 is 12.0 Å². The first-order valence-corrected chi connectivity index (χ1v) is 6.13. The number of carbonyl (C=O) groups excluding carboxylic acids is 1. The van der Waals surface area contributed by atoms with Crippen molar-refractivity contribution in [2.45, 2.75) is 32.9 Å². The Morgan fingerprint density at radius 1 is 1.45 bits per heavy atom. The summed E-state index contributed by atoms with van der Waals surface area (Å²) in [6, 6.07) is 1.02. The van der Waals surface area contributed by atoms with Crippen LogP contribution in [-0.4, -0.2) is 36.4 Å². The molecule has 0 saturated carbocycles. The second-order valence-electron chi connectivity index (χ2n) is 5.11. The van der Waals surface area contributed by atoms with Crippen LogP contribution in [0, 0.1) is 6.92 Å². The highest BCUT2D eigenvalue weighted by Gasteiger charge is 2.20. The molecule has 0 unspecified atom stereocenters. The smallest absolute Gasteiger partial charge is 0.339 e. The maximum Gasteiger partial charge on any atom is 0.339 e. The molecular weight excluding hydrogens is 264 g/mol. The van der Waals surface area contributed by atoms with Crippen LogP contribution in [0.2, 0.25) is 0 Å². The zero-order chi connectivity index (χ0) is 15.3. The summed E-state index contributed by atoms with van der Waals surface area (Å²) >= 11 is 0. The average molecular weight is 284 g/mol. The third-order valence-corrected chi connectivity index (χ3v) is 2.58. The number of hydrogen-bond acceptors (Lipinski definition) is 4. The Balaban J connectivity index is 2.53. The minimum atomic E-state index is -1.05. The lowest BCUT2D eigenvalue weighted by atomic mass is 10.1. The summed E-state index contributed by atoms with van der Waals surface area (Å²) in [7, 11) is 1.56. The van der Waals surface area contributed by atoms with Gasteiger partial charge in [0, 0.05) is 7.11 Å². The van der Waals surface area contributed by atoms with Gasteiger partial charge in [-0.3, -0.25) is 0 Å². The van der Waals surface area contributed by atoms with Gasteiger partial charge in [-0.05, 0) is 26.8 Å². The molecule has 0 atom stereocenters. The average Bonchev–Trinajstić information content (AvgIpc) is 2.67. The summed E-state index contributed by atoms with van der Waals surface area (Å²) in [5.41, 5.74) is -0.397. The molecule has 0 fully saturated rings. The lowest BCUT2D eigenvalue weighted by Gasteiger charge is -2.25. The number of urea groups is 1. The number of hydrogen-bond donors (Lipinski definition) is 3.